The molecule has 0 bridgehead atoms. The summed E-state index contributed by atoms with van der Waals surface area (Å²) >= 11 is 0. The fourth-order valence-corrected chi connectivity index (χ4v) is 2.75. The fourth-order valence-electron chi connectivity index (χ4n) is 2.75. The molecule has 2 N–H and O–H groups in total. The van der Waals surface area contributed by atoms with Gasteiger partial charge in [0.05, 0.1) is 5.54 Å². The van der Waals surface area contributed by atoms with Crippen molar-refractivity contribution in [2.75, 3.05) is 26.8 Å². The maximum Gasteiger partial charge on any atom is 0.242 e. The lowest BCUT2D eigenvalue weighted by atomic mass is 9.90. The van der Waals surface area contributed by atoms with E-state index >= 15 is 0 Å². The topological polar surface area (TPSA) is 55.6 Å². The molecule has 0 atom stereocenters. The number of aryl methyl sites for hydroxylation is 1. The Bertz CT molecular complexity index is 441. The molecule has 0 saturated carbocycles. The van der Waals surface area contributed by atoms with Gasteiger partial charge >= 0.3 is 0 Å². The first kappa shape index (κ1) is 16.0. The van der Waals surface area contributed by atoms with Crippen molar-refractivity contribution in [3.8, 4) is 0 Å². The number of ether oxygens (including phenoxy) is 1. The Morgan fingerprint density at radius 2 is 1.90 bits per heavy atom. The van der Waals surface area contributed by atoms with E-state index in [1.807, 2.05) is 13.1 Å². The average molecular weight is 290 g/mol. The summed E-state index contributed by atoms with van der Waals surface area (Å²) in [7, 11) is 1.86. The van der Waals surface area contributed by atoms with Crippen molar-refractivity contribution in [2.24, 2.45) is 5.73 Å². The van der Waals surface area contributed by atoms with Gasteiger partial charge in [-0.05, 0) is 37.7 Å². The Hall–Kier alpha value is -1.39. The van der Waals surface area contributed by atoms with Gasteiger partial charge in [-0.2, -0.15) is 0 Å². The molecule has 0 spiro atoms. The number of nitrogens with zero attached hydrogens (tertiary/aromatic N) is 1. The zero-order valence-corrected chi connectivity index (χ0v) is 12.9. The number of nitrogens with two attached hydrogens (primary N) is 1. The molecule has 21 heavy (non-hydrogen) atoms. The highest BCUT2D eigenvalue weighted by Crippen LogP contribution is 2.20. The summed E-state index contributed by atoms with van der Waals surface area (Å²) in [5.41, 5.74) is 6.86. The van der Waals surface area contributed by atoms with Crippen LogP contribution in [0.2, 0.25) is 0 Å². The van der Waals surface area contributed by atoms with Gasteiger partial charge in [0, 0.05) is 26.8 Å². The molecule has 0 aliphatic carbocycles. The van der Waals surface area contributed by atoms with Gasteiger partial charge in [-0.1, -0.05) is 30.3 Å². The number of rotatable bonds is 6. The van der Waals surface area contributed by atoms with Crippen molar-refractivity contribution in [1.29, 1.82) is 0 Å². The third-order valence-electron chi connectivity index (χ3n) is 4.21. The molecule has 1 amide bonds. The molecule has 1 aliphatic rings. The Labute approximate surface area is 127 Å². The monoisotopic (exact) mass is 290 g/mol. The SMILES string of the molecule is CN(CCCCc1ccccc1)C(=O)C1(N)CCOCC1. The first-order chi connectivity index (χ1) is 10.1. The van der Waals surface area contributed by atoms with Crippen LogP contribution < -0.4 is 5.73 Å². The second-order valence-corrected chi connectivity index (χ2v) is 5.94. The van der Waals surface area contributed by atoms with Gasteiger partial charge in [-0.15, -0.1) is 0 Å². The summed E-state index contributed by atoms with van der Waals surface area (Å²) in [6.07, 6.45) is 4.40. The lowest BCUT2D eigenvalue weighted by Gasteiger charge is -2.35. The highest BCUT2D eigenvalue weighted by Gasteiger charge is 2.37. The maximum atomic E-state index is 12.4. The number of hydrogen-bond acceptors (Lipinski definition) is 3. The lowest BCUT2D eigenvalue weighted by molar-refractivity contribution is -0.139. The molecule has 1 aromatic rings. The van der Waals surface area contributed by atoms with E-state index in [0.29, 0.717) is 26.1 Å². The minimum atomic E-state index is -0.716. The van der Waals surface area contributed by atoms with E-state index < -0.39 is 5.54 Å². The van der Waals surface area contributed by atoms with Gasteiger partial charge < -0.3 is 15.4 Å². The Morgan fingerprint density at radius 1 is 1.24 bits per heavy atom. The van der Waals surface area contributed by atoms with Crippen molar-refractivity contribution in [1.82, 2.24) is 4.90 Å². The largest absolute Gasteiger partial charge is 0.381 e. The maximum absolute atomic E-state index is 12.4. The highest BCUT2D eigenvalue weighted by molar-refractivity contribution is 5.86. The molecule has 1 aromatic carbocycles. The lowest BCUT2D eigenvalue weighted by Crippen LogP contribution is -2.57. The molecule has 2 rings (SSSR count). The third-order valence-corrected chi connectivity index (χ3v) is 4.21. The van der Waals surface area contributed by atoms with Crippen molar-refractivity contribution in [3.05, 3.63) is 35.9 Å². The molecule has 1 saturated heterocycles. The molecule has 116 valence electrons. The van der Waals surface area contributed by atoms with E-state index in [1.165, 1.54) is 5.56 Å². The predicted molar refractivity (Wildman–Crippen MR) is 84.0 cm³/mol. The number of amides is 1. The minimum absolute atomic E-state index is 0.0607. The van der Waals surface area contributed by atoms with Gasteiger partial charge in [-0.3, -0.25) is 4.79 Å². The highest BCUT2D eigenvalue weighted by atomic mass is 16.5. The second kappa shape index (κ2) is 7.57. The third kappa shape index (κ3) is 4.55. The molecule has 1 fully saturated rings. The zero-order chi connectivity index (χ0) is 15.1. The predicted octanol–water partition coefficient (Wildman–Crippen LogP) is 1.98. The molecule has 1 aliphatic heterocycles. The summed E-state index contributed by atoms with van der Waals surface area (Å²) in [6, 6.07) is 10.4. The smallest absolute Gasteiger partial charge is 0.242 e. The molecule has 4 heteroatoms. The quantitative estimate of drug-likeness (QED) is 0.815. The van der Waals surface area contributed by atoms with Crippen LogP contribution in [0.25, 0.3) is 0 Å². The Kier molecular flexibility index (Phi) is 5.76. The number of likely N-dealkylation sites (N-methyl/N-ethyl adjacent to an activating group) is 1. The van der Waals surface area contributed by atoms with Crippen molar-refractivity contribution >= 4 is 5.91 Å². The summed E-state index contributed by atoms with van der Waals surface area (Å²) in [5.74, 6) is 0.0607. The second-order valence-electron chi connectivity index (χ2n) is 5.94. The Morgan fingerprint density at radius 3 is 2.57 bits per heavy atom. The molecular formula is C17H26N2O2. The van der Waals surface area contributed by atoms with E-state index in [4.69, 9.17) is 10.5 Å². The minimum Gasteiger partial charge on any atom is -0.381 e. The van der Waals surface area contributed by atoms with E-state index in [1.54, 1.807) is 4.90 Å². The van der Waals surface area contributed by atoms with Crippen molar-refractivity contribution in [2.45, 2.75) is 37.6 Å². The number of benzene rings is 1. The van der Waals surface area contributed by atoms with Crippen LogP contribution in [0.1, 0.15) is 31.2 Å². The van der Waals surface area contributed by atoms with Crippen LogP contribution in [-0.4, -0.2) is 43.2 Å². The molecular weight excluding hydrogens is 264 g/mol. The van der Waals surface area contributed by atoms with Gasteiger partial charge in [0.15, 0.2) is 0 Å². The number of hydrogen-bond donors (Lipinski definition) is 1. The number of carbonyl (C=O) groups excluding carboxylic acids is 1. The summed E-state index contributed by atoms with van der Waals surface area (Å²) in [5, 5.41) is 0. The molecule has 1 heterocycles. The average Bonchev–Trinajstić information content (AvgIpc) is 2.52. The van der Waals surface area contributed by atoms with E-state index in [9.17, 15) is 4.79 Å². The van der Waals surface area contributed by atoms with Gasteiger partial charge in [0.2, 0.25) is 5.91 Å². The van der Waals surface area contributed by atoms with Crippen LogP contribution in [0.15, 0.2) is 30.3 Å². The van der Waals surface area contributed by atoms with E-state index in [2.05, 4.69) is 24.3 Å². The Balaban J connectivity index is 1.71. The van der Waals surface area contributed by atoms with Crippen LogP contribution in [0.3, 0.4) is 0 Å². The first-order valence-electron chi connectivity index (χ1n) is 7.78. The normalized spacial score (nSPS) is 17.4. The zero-order valence-electron chi connectivity index (χ0n) is 12.9. The van der Waals surface area contributed by atoms with Crippen LogP contribution in [0, 0.1) is 0 Å². The molecule has 0 radical (unpaired) electrons. The van der Waals surface area contributed by atoms with E-state index in [0.717, 1.165) is 25.8 Å². The molecule has 0 unspecified atom stereocenters. The summed E-state index contributed by atoms with van der Waals surface area (Å²) in [4.78, 5) is 14.2. The van der Waals surface area contributed by atoms with Gasteiger partial charge in [-0.25, -0.2) is 0 Å². The number of unbranched alkanes of at least 4 members (excludes halogenated alkanes) is 1. The van der Waals surface area contributed by atoms with Crippen molar-refractivity contribution < 1.29 is 9.53 Å². The van der Waals surface area contributed by atoms with Crippen LogP contribution in [-0.2, 0) is 16.0 Å². The standard InChI is InChI=1S/C17H26N2O2/c1-19(16(20)17(18)10-13-21-14-11-17)12-6-5-9-15-7-3-2-4-8-15/h2-4,7-8H,5-6,9-14,18H2,1H3. The molecule has 0 aromatic heterocycles. The summed E-state index contributed by atoms with van der Waals surface area (Å²) in [6.45, 7) is 1.94. The van der Waals surface area contributed by atoms with Crippen LogP contribution in [0.4, 0.5) is 0 Å². The molecule has 4 nitrogen and oxygen atoms in total. The first-order valence-corrected chi connectivity index (χ1v) is 7.78. The van der Waals surface area contributed by atoms with Crippen LogP contribution in [0.5, 0.6) is 0 Å². The van der Waals surface area contributed by atoms with E-state index in [-0.39, 0.29) is 5.91 Å². The fraction of sp³-hybridized carbons (Fsp3) is 0.588. The van der Waals surface area contributed by atoms with Gasteiger partial charge in [0.25, 0.3) is 0 Å². The van der Waals surface area contributed by atoms with Gasteiger partial charge in [0.1, 0.15) is 0 Å². The number of carbonyl (C=O) groups is 1. The van der Waals surface area contributed by atoms with Crippen LogP contribution >= 0.6 is 0 Å². The van der Waals surface area contributed by atoms with Crippen molar-refractivity contribution in [3.63, 3.8) is 0 Å². The summed E-state index contributed by atoms with van der Waals surface area (Å²) < 4.78 is 5.29.